The summed E-state index contributed by atoms with van der Waals surface area (Å²) in [6.07, 6.45) is 2.09. The van der Waals surface area contributed by atoms with Gasteiger partial charge in [-0.15, -0.1) is 0 Å². The first-order valence-electron chi connectivity index (χ1n) is 8.29. The highest BCUT2D eigenvalue weighted by molar-refractivity contribution is 5.96. The second-order valence-corrected chi connectivity index (χ2v) is 6.26. The van der Waals surface area contributed by atoms with Gasteiger partial charge in [0.25, 0.3) is 5.91 Å². The molecule has 1 amide bonds. The van der Waals surface area contributed by atoms with Gasteiger partial charge < -0.3 is 21.4 Å². The Morgan fingerprint density at radius 1 is 1.17 bits per heavy atom. The Balaban J connectivity index is 1.58. The van der Waals surface area contributed by atoms with E-state index in [0.717, 1.165) is 52.1 Å². The Bertz CT molecular complexity index is 550. The van der Waals surface area contributed by atoms with Crippen molar-refractivity contribution in [3.8, 4) is 0 Å². The molecular formula is C16H26N6O. The van der Waals surface area contributed by atoms with Gasteiger partial charge in [-0.3, -0.25) is 15.5 Å². The van der Waals surface area contributed by atoms with Crippen molar-refractivity contribution in [2.45, 2.75) is 18.9 Å². The molecule has 0 radical (unpaired) electrons. The third-order valence-corrected chi connectivity index (χ3v) is 4.87. The fraction of sp³-hybridized carbons (Fsp3) is 0.562. The average molecular weight is 318 g/mol. The van der Waals surface area contributed by atoms with Crippen LogP contribution in [0.3, 0.4) is 0 Å². The Hall–Kier alpha value is -1.83. The molecule has 1 aromatic rings. The number of anilines is 2. The van der Waals surface area contributed by atoms with E-state index in [0.29, 0.717) is 23.0 Å². The van der Waals surface area contributed by atoms with E-state index in [1.54, 1.807) is 18.2 Å². The molecule has 2 saturated heterocycles. The van der Waals surface area contributed by atoms with Crippen LogP contribution >= 0.6 is 0 Å². The maximum Gasteiger partial charge on any atom is 0.253 e. The lowest BCUT2D eigenvalue weighted by Crippen LogP contribution is -2.52. The largest absolute Gasteiger partial charge is 0.397 e. The summed E-state index contributed by atoms with van der Waals surface area (Å²) in [7, 11) is 0. The summed E-state index contributed by atoms with van der Waals surface area (Å²) in [6.45, 7) is 5.99. The molecule has 2 heterocycles. The van der Waals surface area contributed by atoms with Gasteiger partial charge in [-0.2, -0.15) is 0 Å². The van der Waals surface area contributed by atoms with Crippen molar-refractivity contribution in [2.24, 2.45) is 5.84 Å². The smallest absolute Gasteiger partial charge is 0.253 e. The zero-order valence-corrected chi connectivity index (χ0v) is 13.4. The monoisotopic (exact) mass is 318 g/mol. The number of nitrogens with zero attached hydrogens (tertiary/aromatic N) is 2. The summed E-state index contributed by atoms with van der Waals surface area (Å²) in [6, 6.07) is 5.82. The van der Waals surface area contributed by atoms with Crippen LogP contribution in [0.15, 0.2) is 18.2 Å². The van der Waals surface area contributed by atoms with Crippen molar-refractivity contribution in [2.75, 3.05) is 50.4 Å². The van der Waals surface area contributed by atoms with Crippen molar-refractivity contribution in [1.82, 2.24) is 15.1 Å². The molecule has 2 aliphatic rings. The predicted octanol–water partition coefficient (Wildman–Crippen LogP) is 0.0642. The van der Waals surface area contributed by atoms with Crippen LogP contribution in [0, 0.1) is 0 Å². The molecule has 23 heavy (non-hydrogen) atoms. The molecule has 1 aromatic carbocycles. The number of nitrogen functional groups attached to an aromatic ring is 2. The number of hydrazine groups is 1. The average Bonchev–Trinajstić information content (AvgIpc) is 2.62. The van der Waals surface area contributed by atoms with Gasteiger partial charge in [0.1, 0.15) is 0 Å². The van der Waals surface area contributed by atoms with Crippen LogP contribution in [0.4, 0.5) is 11.4 Å². The normalized spacial score (nSPS) is 20.5. The molecule has 7 heteroatoms. The van der Waals surface area contributed by atoms with Crippen LogP contribution in [0.5, 0.6) is 0 Å². The number of nitrogens with two attached hydrogens (primary N) is 2. The summed E-state index contributed by atoms with van der Waals surface area (Å²) in [4.78, 5) is 17.1. The maximum absolute atomic E-state index is 12.6. The van der Waals surface area contributed by atoms with Crippen molar-refractivity contribution in [3.05, 3.63) is 23.8 Å². The van der Waals surface area contributed by atoms with E-state index in [-0.39, 0.29) is 5.91 Å². The number of hydrogen-bond acceptors (Lipinski definition) is 6. The summed E-state index contributed by atoms with van der Waals surface area (Å²) >= 11 is 0. The quantitative estimate of drug-likeness (QED) is 0.357. The molecule has 0 saturated carbocycles. The lowest BCUT2D eigenvalue weighted by molar-refractivity contribution is 0.0601. The SMILES string of the molecule is NNc1ccc(C(=O)N2CCC(N3CCNCC3)CC2)cc1N. The molecule has 6 N–H and O–H groups in total. The fourth-order valence-electron chi connectivity index (χ4n) is 3.49. The van der Waals surface area contributed by atoms with E-state index in [1.165, 1.54) is 0 Å². The molecule has 0 aliphatic carbocycles. The van der Waals surface area contributed by atoms with Crippen LogP contribution in [-0.4, -0.2) is 61.0 Å². The number of piperidine rings is 1. The molecule has 3 rings (SSSR count). The van der Waals surface area contributed by atoms with E-state index in [1.807, 2.05) is 4.90 Å². The third kappa shape index (κ3) is 3.57. The molecule has 7 nitrogen and oxygen atoms in total. The molecule has 126 valence electrons. The first kappa shape index (κ1) is 16.0. The molecule has 0 aromatic heterocycles. The number of carbonyl (C=O) groups is 1. The number of benzene rings is 1. The number of likely N-dealkylation sites (tertiary alicyclic amines) is 1. The van der Waals surface area contributed by atoms with E-state index in [4.69, 9.17) is 11.6 Å². The van der Waals surface area contributed by atoms with Gasteiger partial charge in [0.2, 0.25) is 0 Å². The minimum Gasteiger partial charge on any atom is -0.397 e. The summed E-state index contributed by atoms with van der Waals surface area (Å²) in [5.41, 5.74) is 10.2. The summed E-state index contributed by atoms with van der Waals surface area (Å²) in [5, 5.41) is 3.38. The zero-order valence-electron chi connectivity index (χ0n) is 13.4. The minimum atomic E-state index is 0.0547. The first-order valence-corrected chi connectivity index (χ1v) is 8.29. The van der Waals surface area contributed by atoms with Crippen molar-refractivity contribution in [3.63, 3.8) is 0 Å². The second-order valence-electron chi connectivity index (χ2n) is 6.26. The third-order valence-electron chi connectivity index (χ3n) is 4.87. The van der Waals surface area contributed by atoms with E-state index < -0.39 is 0 Å². The Labute approximate surface area is 136 Å². The molecular weight excluding hydrogens is 292 g/mol. The number of carbonyl (C=O) groups excluding carboxylic acids is 1. The summed E-state index contributed by atoms with van der Waals surface area (Å²) < 4.78 is 0. The number of nitrogens with one attached hydrogen (secondary N) is 2. The lowest BCUT2D eigenvalue weighted by Gasteiger charge is -2.40. The highest BCUT2D eigenvalue weighted by Gasteiger charge is 2.28. The highest BCUT2D eigenvalue weighted by Crippen LogP contribution is 2.22. The Morgan fingerprint density at radius 2 is 1.87 bits per heavy atom. The lowest BCUT2D eigenvalue weighted by atomic mass is 10.0. The molecule has 0 unspecified atom stereocenters. The summed E-state index contributed by atoms with van der Waals surface area (Å²) in [5.74, 6) is 5.43. The number of amides is 1. The number of rotatable bonds is 3. The van der Waals surface area contributed by atoms with Crippen molar-refractivity contribution >= 4 is 17.3 Å². The topological polar surface area (TPSA) is 99.6 Å². The molecule has 2 fully saturated rings. The van der Waals surface area contributed by atoms with Gasteiger partial charge in [0.15, 0.2) is 0 Å². The Kier molecular flexibility index (Phi) is 5.00. The maximum atomic E-state index is 12.6. The van der Waals surface area contributed by atoms with Crippen LogP contribution in [-0.2, 0) is 0 Å². The van der Waals surface area contributed by atoms with Gasteiger partial charge in [0, 0.05) is 50.9 Å². The van der Waals surface area contributed by atoms with Crippen LogP contribution in [0.25, 0.3) is 0 Å². The highest BCUT2D eigenvalue weighted by atomic mass is 16.2. The Morgan fingerprint density at radius 3 is 2.48 bits per heavy atom. The minimum absolute atomic E-state index is 0.0547. The van der Waals surface area contributed by atoms with Gasteiger partial charge in [0.05, 0.1) is 11.4 Å². The molecule has 0 atom stereocenters. The van der Waals surface area contributed by atoms with Gasteiger partial charge >= 0.3 is 0 Å². The fourth-order valence-corrected chi connectivity index (χ4v) is 3.49. The number of piperazine rings is 1. The van der Waals surface area contributed by atoms with Crippen LogP contribution in [0.1, 0.15) is 23.2 Å². The predicted molar refractivity (Wildman–Crippen MR) is 92.0 cm³/mol. The van der Waals surface area contributed by atoms with Gasteiger partial charge in [-0.05, 0) is 31.0 Å². The number of hydrogen-bond donors (Lipinski definition) is 4. The van der Waals surface area contributed by atoms with E-state index in [9.17, 15) is 4.79 Å². The van der Waals surface area contributed by atoms with E-state index in [2.05, 4.69) is 15.6 Å². The molecule has 0 spiro atoms. The molecule has 2 aliphatic heterocycles. The second kappa shape index (κ2) is 7.16. The van der Waals surface area contributed by atoms with Crippen molar-refractivity contribution < 1.29 is 4.79 Å². The van der Waals surface area contributed by atoms with Crippen molar-refractivity contribution in [1.29, 1.82) is 0 Å². The first-order chi connectivity index (χ1) is 11.2. The van der Waals surface area contributed by atoms with Gasteiger partial charge in [-0.1, -0.05) is 0 Å². The van der Waals surface area contributed by atoms with E-state index >= 15 is 0 Å². The van der Waals surface area contributed by atoms with Crippen LogP contribution in [0.2, 0.25) is 0 Å². The zero-order chi connectivity index (χ0) is 16.2. The van der Waals surface area contributed by atoms with Crippen LogP contribution < -0.4 is 22.3 Å². The molecule has 0 bridgehead atoms. The van der Waals surface area contributed by atoms with Gasteiger partial charge in [-0.25, -0.2) is 0 Å². The standard InChI is InChI=1S/C16H26N6O/c17-14-11-12(1-2-15(14)20-18)16(23)22-7-3-13(4-8-22)21-9-5-19-6-10-21/h1-2,11,13,19-20H,3-10,17-18H2.